The Morgan fingerprint density at radius 2 is 1.57 bits per heavy atom. The van der Waals surface area contributed by atoms with Gasteiger partial charge in [-0.1, -0.05) is 123 Å². The number of aliphatic imine (C=N–C) groups is 1. The number of allylic oxidation sites excluding steroid dienone is 7. The fourth-order valence-corrected chi connectivity index (χ4v) is 2.94. The van der Waals surface area contributed by atoms with Gasteiger partial charge in [-0.15, -0.1) is 0 Å². The zero-order chi connectivity index (χ0) is 27.1. The van der Waals surface area contributed by atoms with Crippen LogP contribution < -0.4 is 0 Å². The number of carbonyl (C=O) groups is 1. The molecule has 2 rings (SSSR count). The number of aromatic amines is 1. The lowest BCUT2D eigenvalue weighted by atomic mass is 10.0. The summed E-state index contributed by atoms with van der Waals surface area (Å²) < 4.78 is 0. The second-order valence-electron chi connectivity index (χ2n) is 7.56. The number of H-pyrrole nitrogens is 1. The highest BCUT2D eigenvalue weighted by Crippen LogP contribution is 2.27. The Labute approximate surface area is 215 Å². The molecule has 3 heteroatoms. The molecule has 0 unspecified atom stereocenters. The Balaban J connectivity index is 0. The van der Waals surface area contributed by atoms with E-state index in [-0.39, 0.29) is 0 Å². The van der Waals surface area contributed by atoms with E-state index in [9.17, 15) is 4.79 Å². The van der Waals surface area contributed by atoms with Crippen LogP contribution in [-0.2, 0) is 11.2 Å². The number of unbranched alkanes of at least 4 members (excludes halogenated alkanes) is 2. The van der Waals surface area contributed by atoms with Crippen molar-refractivity contribution in [3.8, 4) is 0 Å². The van der Waals surface area contributed by atoms with Crippen molar-refractivity contribution in [2.45, 2.75) is 87.5 Å². The van der Waals surface area contributed by atoms with Gasteiger partial charge in [-0.25, -0.2) is 0 Å². The molecule has 0 aliphatic carbocycles. The predicted molar refractivity (Wildman–Crippen MR) is 161 cm³/mol. The third kappa shape index (κ3) is 12.4. The molecule has 1 aromatic carbocycles. The van der Waals surface area contributed by atoms with Crippen LogP contribution in [0.25, 0.3) is 16.5 Å². The van der Waals surface area contributed by atoms with E-state index in [0.717, 1.165) is 46.2 Å². The minimum Gasteiger partial charge on any atom is -0.354 e. The van der Waals surface area contributed by atoms with Crippen LogP contribution in [0.2, 0.25) is 0 Å². The van der Waals surface area contributed by atoms with Gasteiger partial charge in [0.25, 0.3) is 0 Å². The minimum atomic E-state index is 0.591. The van der Waals surface area contributed by atoms with Gasteiger partial charge in [0.2, 0.25) is 0 Å². The molecule has 0 atom stereocenters. The monoisotopic (exact) mass is 478 g/mol. The van der Waals surface area contributed by atoms with Gasteiger partial charge in [0, 0.05) is 23.5 Å². The molecule has 2 aromatic rings. The number of aromatic nitrogens is 1. The molecule has 0 bridgehead atoms. The van der Waals surface area contributed by atoms with Crippen molar-refractivity contribution < 1.29 is 4.79 Å². The Hall–Kier alpha value is -2.94. The van der Waals surface area contributed by atoms with Crippen molar-refractivity contribution >= 4 is 28.5 Å². The molecule has 35 heavy (non-hydrogen) atoms. The summed E-state index contributed by atoms with van der Waals surface area (Å²) in [5.74, 6) is 0. The highest BCUT2D eigenvalue weighted by molar-refractivity contribution is 6.21. The standard InChI is InChI=1S/C22H24N2O.2C4H10.C2H6/c1-5-10-16(11-6-2)21(23-4)14-17(15-25)22-18(7-3)19-12-8-9-13-20(19)24-22;2*1-3-4-2;1-2/h5-6,8-15,24H,1,7H2,2-4H3;2*3-4H2,1-2H3;1-2H3/b11-6-,16-10+,17-14+,23-21?;;;. The van der Waals surface area contributed by atoms with E-state index in [4.69, 9.17) is 0 Å². The lowest BCUT2D eigenvalue weighted by Crippen LogP contribution is -2.01. The first-order valence-electron chi connectivity index (χ1n) is 13.2. The van der Waals surface area contributed by atoms with Gasteiger partial charge in [0.15, 0.2) is 6.29 Å². The predicted octanol–water partition coefficient (Wildman–Crippen LogP) is 9.71. The number of aryl methyl sites for hydroxylation is 1. The number of nitrogens with zero attached hydrogens (tertiary/aromatic N) is 1. The maximum Gasteiger partial charge on any atom is 0.152 e. The number of benzene rings is 1. The van der Waals surface area contributed by atoms with Gasteiger partial charge >= 0.3 is 0 Å². The Morgan fingerprint density at radius 1 is 1.00 bits per heavy atom. The number of para-hydroxylation sites is 1. The molecular formula is C32H50N2O. The van der Waals surface area contributed by atoms with Crippen molar-refractivity contribution in [1.29, 1.82) is 0 Å². The van der Waals surface area contributed by atoms with E-state index >= 15 is 0 Å². The van der Waals surface area contributed by atoms with E-state index in [1.165, 1.54) is 25.7 Å². The van der Waals surface area contributed by atoms with Crippen molar-refractivity contribution in [2.75, 3.05) is 7.05 Å². The second kappa shape index (κ2) is 22.8. The number of fused-ring (bicyclic) bond motifs is 1. The van der Waals surface area contributed by atoms with Gasteiger partial charge in [-0.3, -0.25) is 9.79 Å². The topological polar surface area (TPSA) is 45.2 Å². The molecule has 0 aliphatic rings. The SMILES string of the molecule is C=C/C=C(\C=C/C)C(/C=C(\C=O)c1[nH]c2ccccc2c1CC)=NC.CC.CCCC.CCCC. The molecular weight excluding hydrogens is 428 g/mol. The summed E-state index contributed by atoms with van der Waals surface area (Å²) in [7, 11) is 1.72. The Bertz CT molecular complexity index is 947. The summed E-state index contributed by atoms with van der Waals surface area (Å²) in [4.78, 5) is 19.6. The van der Waals surface area contributed by atoms with Crippen LogP contribution in [0.4, 0.5) is 0 Å². The number of nitrogens with one attached hydrogen (secondary N) is 1. The maximum atomic E-state index is 11.8. The maximum absolute atomic E-state index is 11.8. The fraction of sp³-hybridized carbons (Fsp3) is 0.438. The molecule has 1 aromatic heterocycles. The van der Waals surface area contributed by atoms with E-state index in [1.807, 2.05) is 63.3 Å². The molecule has 1 N–H and O–H groups in total. The van der Waals surface area contributed by atoms with E-state index in [2.05, 4.69) is 57.2 Å². The van der Waals surface area contributed by atoms with E-state index in [1.54, 1.807) is 13.1 Å². The molecule has 194 valence electrons. The Morgan fingerprint density at radius 3 is 2.00 bits per heavy atom. The first-order chi connectivity index (χ1) is 17.0. The van der Waals surface area contributed by atoms with Crippen molar-refractivity contribution in [2.24, 2.45) is 4.99 Å². The number of hydrogen-bond acceptors (Lipinski definition) is 2. The van der Waals surface area contributed by atoms with Crippen LogP contribution in [0.1, 0.15) is 92.3 Å². The summed E-state index contributed by atoms with van der Waals surface area (Å²) in [5.41, 5.74) is 5.28. The summed E-state index contributed by atoms with van der Waals surface area (Å²) in [6.45, 7) is 20.5. The van der Waals surface area contributed by atoms with Crippen LogP contribution in [0.5, 0.6) is 0 Å². The van der Waals surface area contributed by atoms with Crippen molar-refractivity contribution in [3.05, 3.63) is 78.1 Å². The van der Waals surface area contributed by atoms with Crippen LogP contribution >= 0.6 is 0 Å². The third-order valence-corrected chi connectivity index (χ3v) is 5.06. The molecule has 3 nitrogen and oxygen atoms in total. The average Bonchev–Trinajstić information content (AvgIpc) is 3.29. The van der Waals surface area contributed by atoms with E-state index < -0.39 is 0 Å². The highest BCUT2D eigenvalue weighted by atomic mass is 16.1. The second-order valence-corrected chi connectivity index (χ2v) is 7.56. The van der Waals surface area contributed by atoms with Crippen LogP contribution in [0, 0.1) is 0 Å². The molecule has 0 saturated carbocycles. The van der Waals surface area contributed by atoms with Gasteiger partial charge in [0.1, 0.15) is 0 Å². The molecule has 0 amide bonds. The molecule has 0 aliphatic heterocycles. The van der Waals surface area contributed by atoms with Crippen molar-refractivity contribution in [3.63, 3.8) is 0 Å². The molecule has 0 saturated heterocycles. The quantitative estimate of drug-likeness (QED) is 0.166. The molecule has 0 spiro atoms. The first kappa shape index (κ1) is 34.2. The zero-order valence-electron chi connectivity index (χ0n) is 23.9. The lowest BCUT2D eigenvalue weighted by molar-refractivity contribution is -0.103. The average molecular weight is 479 g/mol. The van der Waals surface area contributed by atoms with Gasteiger partial charge in [-0.05, 0) is 36.6 Å². The zero-order valence-corrected chi connectivity index (χ0v) is 23.9. The summed E-state index contributed by atoms with van der Waals surface area (Å²) >= 11 is 0. The normalized spacial score (nSPS) is 11.6. The van der Waals surface area contributed by atoms with Crippen LogP contribution in [-0.4, -0.2) is 24.0 Å². The highest BCUT2D eigenvalue weighted by Gasteiger charge is 2.14. The number of aldehydes is 1. The first-order valence-corrected chi connectivity index (χ1v) is 13.2. The lowest BCUT2D eigenvalue weighted by Gasteiger charge is -2.05. The van der Waals surface area contributed by atoms with Gasteiger partial charge < -0.3 is 4.98 Å². The van der Waals surface area contributed by atoms with Crippen LogP contribution in [0.15, 0.2) is 71.8 Å². The van der Waals surface area contributed by atoms with Gasteiger partial charge in [0.05, 0.1) is 11.4 Å². The van der Waals surface area contributed by atoms with Gasteiger partial charge in [-0.2, -0.15) is 0 Å². The Kier molecular flexibility index (Phi) is 22.3. The largest absolute Gasteiger partial charge is 0.354 e. The van der Waals surface area contributed by atoms with Crippen LogP contribution in [0.3, 0.4) is 0 Å². The van der Waals surface area contributed by atoms with Crippen molar-refractivity contribution in [1.82, 2.24) is 4.98 Å². The smallest absolute Gasteiger partial charge is 0.152 e. The minimum absolute atomic E-state index is 0.591. The summed E-state index contributed by atoms with van der Waals surface area (Å²) in [6.07, 6.45) is 16.3. The molecule has 0 fully saturated rings. The third-order valence-electron chi connectivity index (χ3n) is 5.06. The number of carbonyl (C=O) groups excluding carboxylic acids is 1. The summed E-state index contributed by atoms with van der Waals surface area (Å²) in [5, 5.41) is 1.15. The van der Waals surface area contributed by atoms with E-state index in [0.29, 0.717) is 5.57 Å². The molecule has 1 heterocycles. The molecule has 0 radical (unpaired) electrons. The number of hydrogen-bond donors (Lipinski definition) is 1. The fourth-order valence-electron chi connectivity index (χ4n) is 2.94. The number of rotatable bonds is 9. The summed E-state index contributed by atoms with van der Waals surface area (Å²) in [6, 6.07) is 8.11.